The van der Waals surface area contributed by atoms with Crippen LogP contribution in [-0.4, -0.2) is 4.98 Å². The summed E-state index contributed by atoms with van der Waals surface area (Å²) in [6.45, 7) is 4.86. The van der Waals surface area contributed by atoms with E-state index in [1.807, 2.05) is 18.2 Å². The third-order valence-electron chi connectivity index (χ3n) is 3.23. The van der Waals surface area contributed by atoms with Crippen LogP contribution in [0.5, 0.6) is 5.75 Å². The lowest BCUT2D eigenvalue weighted by molar-refractivity contribution is 0.301. The Morgan fingerprint density at radius 3 is 2.58 bits per heavy atom. The molecule has 0 saturated heterocycles. The summed E-state index contributed by atoms with van der Waals surface area (Å²) in [6.07, 6.45) is 2.83. The van der Waals surface area contributed by atoms with E-state index in [0.717, 1.165) is 17.9 Å². The Hall–Kier alpha value is -1.54. The maximum absolute atomic E-state index is 5.90. The zero-order valence-corrected chi connectivity index (χ0v) is 12.0. The number of halogens is 1. The molecule has 100 valence electrons. The number of hydrogen-bond acceptors (Lipinski definition) is 2. The van der Waals surface area contributed by atoms with Crippen molar-refractivity contribution in [1.82, 2.24) is 4.98 Å². The zero-order chi connectivity index (χ0) is 13.7. The van der Waals surface area contributed by atoms with Crippen molar-refractivity contribution in [2.24, 2.45) is 0 Å². The van der Waals surface area contributed by atoms with E-state index >= 15 is 0 Å². The van der Waals surface area contributed by atoms with Crippen molar-refractivity contribution in [3.05, 3.63) is 58.9 Å². The number of rotatable bonds is 5. The molecule has 0 fully saturated rings. The van der Waals surface area contributed by atoms with E-state index in [1.54, 1.807) is 12.3 Å². The molecule has 1 aromatic heterocycles. The molecule has 0 bridgehead atoms. The summed E-state index contributed by atoms with van der Waals surface area (Å²) in [6, 6.07) is 11.8. The summed E-state index contributed by atoms with van der Waals surface area (Å²) in [7, 11) is 0. The maximum atomic E-state index is 5.90. The van der Waals surface area contributed by atoms with E-state index in [0.29, 0.717) is 17.5 Å². The second-order valence-corrected chi connectivity index (χ2v) is 5.07. The lowest BCUT2D eigenvalue weighted by atomic mass is 9.99. The first-order valence-corrected chi connectivity index (χ1v) is 6.90. The molecule has 0 radical (unpaired) electrons. The van der Waals surface area contributed by atoms with E-state index in [4.69, 9.17) is 16.3 Å². The lowest BCUT2D eigenvalue weighted by Gasteiger charge is -2.10. The number of pyridine rings is 1. The van der Waals surface area contributed by atoms with Crippen LogP contribution in [0.4, 0.5) is 0 Å². The molecule has 0 N–H and O–H groups in total. The van der Waals surface area contributed by atoms with Crippen LogP contribution in [0, 0.1) is 0 Å². The first-order chi connectivity index (χ1) is 9.19. The molecule has 2 aromatic rings. The quantitative estimate of drug-likeness (QED) is 0.780. The average Bonchev–Trinajstić information content (AvgIpc) is 2.45. The van der Waals surface area contributed by atoms with Crippen molar-refractivity contribution < 1.29 is 4.74 Å². The fourth-order valence-electron chi connectivity index (χ4n) is 1.81. The van der Waals surface area contributed by atoms with Crippen LogP contribution in [0.2, 0.25) is 5.02 Å². The molecule has 0 amide bonds. The standard InChI is InChI=1S/C16H18ClNO/c1-3-12(2)13-4-6-16(7-5-13)19-11-15-10-14(17)8-9-18-15/h4-10,12H,3,11H2,1-2H3. The van der Waals surface area contributed by atoms with E-state index < -0.39 is 0 Å². The van der Waals surface area contributed by atoms with Gasteiger partial charge in [-0.3, -0.25) is 4.98 Å². The molecular formula is C16H18ClNO. The van der Waals surface area contributed by atoms with Crippen LogP contribution >= 0.6 is 11.6 Å². The number of hydrogen-bond donors (Lipinski definition) is 0. The topological polar surface area (TPSA) is 22.1 Å². The highest BCUT2D eigenvalue weighted by Gasteiger charge is 2.03. The van der Waals surface area contributed by atoms with Gasteiger partial charge in [-0.25, -0.2) is 0 Å². The van der Waals surface area contributed by atoms with Gasteiger partial charge in [0.25, 0.3) is 0 Å². The minimum absolute atomic E-state index is 0.434. The van der Waals surface area contributed by atoms with Crippen LogP contribution in [0.1, 0.15) is 37.4 Å². The Balaban J connectivity index is 1.96. The van der Waals surface area contributed by atoms with Gasteiger partial charge < -0.3 is 4.74 Å². The fraction of sp³-hybridized carbons (Fsp3) is 0.312. The van der Waals surface area contributed by atoms with Crippen LogP contribution in [-0.2, 0) is 6.61 Å². The largest absolute Gasteiger partial charge is 0.487 e. The highest BCUT2D eigenvalue weighted by molar-refractivity contribution is 6.30. The molecule has 1 heterocycles. The number of benzene rings is 1. The van der Waals surface area contributed by atoms with Gasteiger partial charge in [-0.15, -0.1) is 0 Å². The molecule has 3 heteroatoms. The SMILES string of the molecule is CCC(C)c1ccc(OCc2cc(Cl)ccn2)cc1. The molecule has 2 nitrogen and oxygen atoms in total. The van der Waals surface area contributed by atoms with E-state index in [2.05, 4.69) is 31.0 Å². The fourth-order valence-corrected chi connectivity index (χ4v) is 2.00. The Bertz CT molecular complexity index is 525. The molecule has 0 saturated carbocycles. The smallest absolute Gasteiger partial charge is 0.130 e. The van der Waals surface area contributed by atoms with Crippen LogP contribution in [0.25, 0.3) is 0 Å². The first-order valence-electron chi connectivity index (χ1n) is 6.52. The molecule has 0 aliphatic heterocycles. The predicted molar refractivity (Wildman–Crippen MR) is 78.7 cm³/mol. The van der Waals surface area contributed by atoms with Gasteiger partial charge in [0.15, 0.2) is 0 Å². The van der Waals surface area contributed by atoms with Gasteiger partial charge in [0.2, 0.25) is 0 Å². The minimum Gasteiger partial charge on any atom is -0.487 e. The Kier molecular flexibility index (Phi) is 4.80. The van der Waals surface area contributed by atoms with Gasteiger partial charge in [0.05, 0.1) is 5.69 Å². The second-order valence-electron chi connectivity index (χ2n) is 4.63. The number of aromatic nitrogens is 1. The van der Waals surface area contributed by atoms with Gasteiger partial charge in [0, 0.05) is 11.2 Å². The van der Waals surface area contributed by atoms with Gasteiger partial charge in [-0.2, -0.15) is 0 Å². The summed E-state index contributed by atoms with van der Waals surface area (Å²) in [5.41, 5.74) is 2.18. The van der Waals surface area contributed by atoms with E-state index in [1.165, 1.54) is 5.56 Å². The van der Waals surface area contributed by atoms with Gasteiger partial charge in [-0.05, 0) is 42.2 Å². The van der Waals surface area contributed by atoms with Gasteiger partial charge in [-0.1, -0.05) is 37.6 Å². The summed E-state index contributed by atoms with van der Waals surface area (Å²) >= 11 is 5.90. The highest BCUT2D eigenvalue weighted by atomic mass is 35.5. The van der Waals surface area contributed by atoms with Crippen molar-refractivity contribution in [3.63, 3.8) is 0 Å². The average molecular weight is 276 g/mol. The summed E-state index contributed by atoms with van der Waals surface area (Å²) in [4.78, 5) is 4.20. The molecular weight excluding hydrogens is 258 g/mol. The highest BCUT2D eigenvalue weighted by Crippen LogP contribution is 2.22. The van der Waals surface area contributed by atoms with Crippen molar-refractivity contribution in [2.75, 3.05) is 0 Å². The second kappa shape index (κ2) is 6.58. The predicted octanol–water partition coefficient (Wildman–Crippen LogP) is 4.83. The van der Waals surface area contributed by atoms with Crippen molar-refractivity contribution in [1.29, 1.82) is 0 Å². The molecule has 19 heavy (non-hydrogen) atoms. The summed E-state index contributed by atoms with van der Waals surface area (Å²) in [5.74, 6) is 1.44. The molecule has 0 spiro atoms. The minimum atomic E-state index is 0.434. The molecule has 1 aromatic carbocycles. The van der Waals surface area contributed by atoms with E-state index in [-0.39, 0.29) is 0 Å². The normalized spacial score (nSPS) is 12.2. The summed E-state index contributed by atoms with van der Waals surface area (Å²) in [5, 5.41) is 0.681. The maximum Gasteiger partial charge on any atom is 0.130 e. The third kappa shape index (κ3) is 3.97. The first kappa shape index (κ1) is 13.9. The Labute approximate surface area is 119 Å². The molecule has 0 aliphatic rings. The van der Waals surface area contributed by atoms with Gasteiger partial charge in [0.1, 0.15) is 12.4 Å². The van der Waals surface area contributed by atoms with E-state index in [9.17, 15) is 0 Å². The Morgan fingerprint density at radius 2 is 1.95 bits per heavy atom. The molecule has 1 atom stereocenters. The number of ether oxygens (including phenoxy) is 1. The molecule has 2 rings (SSSR count). The van der Waals surface area contributed by atoms with Crippen LogP contribution in [0.3, 0.4) is 0 Å². The molecule has 0 aliphatic carbocycles. The van der Waals surface area contributed by atoms with Crippen molar-refractivity contribution >= 4 is 11.6 Å². The number of nitrogens with zero attached hydrogens (tertiary/aromatic N) is 1. The zero-order valence-electron chi connectivity index (χ0n) is 11.3. The lowest BCUT2D eigenvalue weighted by Crippen LogP contribution is -1.98. The monoisotopic (exact) mass is 275 g/mol. The van der Waals surface area contributed by atoms with Crippen molar-refractivity contribution in [2.45, 2.75) is 32.8 Å². The Morgan fingerprint density at radius 1 is 1.21 bits per heavy atom. The van der Waals surface area contributed by atoms with Gasteiger partial charge >= 0.3 is 0 Å². The summed E-state index contributed by atoms with van der Waals surface area (Å²) < 4.78 is 5.69. The third-order valence-corrected chi connectivity index (χ3v) is 3.46. The van der Waals surface area contributed by atoms with Crippen LogP contribution < -0.4 is 4.74 Å². The van der Waals surface area contributed by atoms with Crippen LogP contribution in [0.15, 0.2) is 42.6 Å². The van der Waals surface area contributed by atoms with Crippen molar-refractivity contribution in [3.8, 4) is 5.75 Å². The molecule has 1 unspecified atom stereocenters.